The Morgan fingerprint density at radius 2 is 2.32 bits per heavy atom. The molecule has 0 saturated carbocycles. The van der Waals surface area contributed by atoms with Crippen LogP contribution in [0.1, 0.15) is 38.7 Å². The van der Waals surface area contributed by atoms with E-state index in [2.05, 4.69) is 19.8 Å². The summed E-state index contributed by atoms with van der Waals surface area (Å²) in [6, 6.07) is 0. The third-order valence-corrected chi connectivity index (χ3v) is 4.29. The van der Waals surface area contributed by atoms with Crippen molar-refractivity contribution in [2.24, 2.45) is 0 Å². The highest BCUT2D eigenvalue weighted by molar-refractivity contribution is 7.05. The van der Waals surface area contributed by atoms with E-state index in [0.717, 1.165) is 41.1 Å². The lowest BCUT2D eigenvalue weighted by Gasteiger charge is -2.15. The Morgan fingerprint density at radius 3 is 3.05 bits per heavy atom. The normalized spacial score (nSPS) is 13.6. The van der Waals surface area contributed by atoms with Crippen molar-refractivity contribution in [2.45, 2.75) is 32.7 Å². The van der Waals surface area contributed by atoms with E-state index >= 15 is 0 Å². The molecular formula is C12H15N5OS. The molecule has 100 valence electrons. The summed E-state index contributed by atoms with van der Waals surface area (Å²) in [5, 5.41) is 11.1. The summed E-state index contributed by atoms with van der Waals surface area (Å²) in [5.74, 6) is -0.0350. The van der Waals surface area contributed by atoms with E-state index < -0.39 is 0 Å². The molecule has 0 fully saturated rings. The molecule has 2 heterocycles. The van der Waals surface area contributed by atoms with E-state index in [0.29, 0.717) is 12.2 Å². The number of hydrogen-bond donors (Lipinski definition) is 1. The van der Waals surface area contributed by atoms with Crippen molar-refractivity contribution < 1.29 is 4.79 Å². The van der Waals surface area contributed by atoms with E-state index in [1.165, 1.54) is 11.5 Å². The Labute approximate surface area is 115 Å². The second-order valence-corrected chi connectivity index (χ2v) is 5.66. The van der Waals surface area contributed by atoms with E-state index in [1.807, 2.05) is 6.92 Å². The molecule has 1 amide bonds. The molecule has 0 atom stereocenters. The van der Waals surface area contributed by atoms with Crippen LogP contribution in [0.4, 0.5) is 0 Å². The van der Waals surface area contributed by atoms with Crippen LogP contribution in [0, 0.1) is 6.92 Å². The Morgan fingerprint density at radius 1 is 1.47 bits per heavy atom. The molecule has 19 heavy (non-hydrogen) atoms. The van der Waals surface area contributed by atoms with Crippen molar-refractivity contribution in [1.29, 1.82) is 0 Å². The van der Waals surface area contributed by atoms with Crippen LogP contribution in [0.15, 0.2) is 0 Å². The number of hydrogen-bond acceptors (Lipinski definition) is 5. The average molecular weight is 277 g/mol. The van der Waals surface area contributed by atoms with Gasteiger partial charge in [0.2, 0.25) is 0 Å². The Hall–Kier alpha value is -1.76. The van der Waals surface area contributed by atoms with Gasteiger partial charge in [0, 0.05) is 18.3 Å². The number of aromatic amines is 1. The second-order valence-electron chi connectivity index (χ2n) is 4.83. The first-order valence-electron chi connectivity index (χ1n) is 6.26. The summed E-state index contributed by atoms with van der Waals surface area (Å²) in [6.45, 7) is 2.44. The summed E-state index contributed by atoms with van der Waals surface area (Å²) in [7, 11) is 1.79. The van der Waals surface area contributed by atoms with Crippen molar-refractivity contribution in [3.63, 3.8) is 0 Å². The Kier molecular flexibility index (Phi) is 3.06. The molecule has 7 heteroatoms. The van der Waals surface area contributed by atoms with Gasteiger partial charge >= 0.3 is 0 Å². The fourth-order valence-electron chi connectivity index (χ4n) is 2.36. The maximum absolute atomic E-state index is 12.4. The lowest BCUT2D eigenvalue weighted by atomic mass is 10.2. The molecule has 1 aliphatic carbocycles. The van der Waals surface area contributed by atoms with Crippen LogP contribution in [-0.2, 0) is 19.4 Å². The van der Waals surface area contributed by atoms with Gasteiger partial charge in [-0.1, -0.05) is 4.49 Å². The minimum atomic E-state index is -0.0350. The summed E-state index contributed by atoms with van der Waals surface area (Å²) in [4.78, 5) is 15.1. The molecule has 0 spiro atoms. The zero-order valence-corrected chi connectivity index (χ0v) is 11.8. The summed E-state index contributed by atoms with van der Waals surface area (Å²) < 4.78 is 3.89. The topological polar surface area (TPSA) is 74.8 Å². The van der Waals surface area contributed by atoms with Gasteiger partial charge in [0.15, 0.2) is 5.69 Å². The SMILES string of the molecule is Cc1nnsc1CN(C)C(=O)c1n[nH]c2c1CCC2. The van der Waals surface area contributed by atoms with Crippen LogP contribution < -0.4 is 0 Å². The quantitative estimate of drug-likeness (QED) is 0.918. The zero-order valence-electron chi connectivity index (χ0n) is 10.9. The maximum Gasteiger partial charge on any atom is 0.274 e. The standard InChI is InChI=1S/C12H15N5OS/c1-7-10(19-16-13-7)6-17(2)12(18)11-8-4-3-5-9(8)14-15-11/h3-6H2,1-2H3,(H,14,15). The van der Waals surface area contributed by atoms with Gasteiger partial charge in [0.05, 0.1) is 17.1 Å². The van der Waals surface area contributed by atoms with Crippen LogP contribution in [0.25, 0.3) is 0 Å². The van der Waals surface area contributed by atoms with E-state index in [1.54, 1.807) is 11.9 Å². The summed E-state index contributed by atoms with van der Waals surface area (Å²) in [6.07, 6.45) is 3.05. The number of rotatable bonds is 3. The highest BCUT2D eigenvalue weighted by atomic mass is 32.1. The van der Waals surface area contributed by atoms with Crippen molar-refractivity contribution in [3.05, 3.63) is 27.5 Å². The molecule has 1 N–H and O–H groups in total. The van der Waals surface area contributed by atoms with Crippen LogP contribution >= 0.6 is 11.5 Å². The maximum atomic E-state index is 12.4. The van der Waals surface area contributed by atoms with Gasteiger partial charge in [-0.25, -0.2) is 0 Å². The number of carbonyl (C=O) groups is 1. The number of aryl methyl sites for hydroxylation is 2. The van der Waals surface area contributed by atoms with Gasteiger partial charge in [0.25, 0.3) is 5.91 Å². The van der Waals surface area contributed by atoms with Gasteiger partial charge in [-0.3, -0.25) is 9.89 Å². The number of aromatic nitrogens is 4. The van der Waals surface area contributed by atoms with Gasteiger partial charge in [-0.2, -0.15) is 5.10 Å². The van der Waals surface area contributed by atoms with Crippen LogP contribution in [0.3, 0.4) is 0 Å². The molecule has 3 rings (SSSR count). The summed E-state index contributed by atoms with van der Waals surface area (Å²) >= 11 is 1.33. The molecule has 6 nitrogen and oxygen atoms in total. The predicted molar refractivity (Wildman–Crippen MR) is 71.1 cm³/mol. The van der Waals surface area contributed by atoms with Crippen molar-refractivity contribution >= 4 is 17.4 Å². The minimum absolute atomic E-state index is 0.0350. The Bertz CT molecular complexity index is 617. The first-order chi connectivity index (χ1) is 9.16. The van der Waals surface area contributed by atoms with Crippen LogP contribution in [0.2, 0.25) is 0 Å². The summed E-state index contributed by atoms with van der Waals surface area (Å²) in [5.41, 5.74) is 3.67. The van der Waals surface area contributed by atoms with E-state index in [-0.39, 0.29) is 5.91 Å². The Balaban J connectivity index is 1.78. The number of nitrogens with one attached hydrogen (secondary N) is 1. The highest BCUT2D eigenvalue weighted by Crippen LogP contribution is 2.24. The fraction of sp³-hybridized carbons (Fsp3) is 0.500. The lowest BCUT2D eigenvalue weighted by Crippen LogP contribution is -2.27. The smallest absolute Gasteiger partial charge is 0.274 e. The fourth-order valence-corrected chi connectivity index (χ4v) is 3.05. The largest absolute Gasteiger partial charge is 0.335 e. The monoisotopic (exact) mass is 277 g/mol. The van der Waals surface area contributed by atoms with E-state index in [4.69, 9.17) is 0 Å². The third-order valence-electron chi connectivity index (χ3n) is 3.48. The number of H-pyrrole nitrogens is 1. The lowest BCUT2D eigenvalue weighted by molar-refractivity contribution is 0.0779. The van der Waals surface area contributed by atoms with Gasteiger partial charge < -0.3 is 4.90 Å². The number of nitrogens with zero attached hydrogens (tertiary/aromatic N) is 4. The molecule has 2 aromatic rings. The molecule has 2 aromatic heterocycles. The highest BCUT2D eigenvalue weighted by Gasteiger charge is 2.25. The number of fused-ring (bicyclic) bond motifs is 1. The molecule has 0 bridgehead atoms. The van der Waals surface area contributed by atoms with Crippen molar-refractivity contribution in [3.8, 4) is 0 Å². The van der Waals surface area contributed by atoms with E-state index in [9.17, 15) is 4.79 Å². The van der Waals surface area contributed by atoms with Gasteiger partial charge in [-0.15, -0.1) is 5.10 Å². The van der Waals surface area contributed by atoms with Crippen LogP contribution in [0.5, 0.6) is 0 Å². The van der Waals surface area contributed by atoms with Crippen molar-refractivity contribution in [1.82, 2.24) is 24.7 Å². The number of carbonyl (C=O) groups excluding carboxylic acids is 1. The molecule has 0 saturated heterocycles. The molecule has 1 aliphatic rings. The van der Waals surface area contributed by atoms with Gasteiger partial charge in [0.1, 0.15) is 0 Å². The van der Waals surface area contributed by atoms with Crippen molar-refractivity contribution in [2.75, 3.05) is 7.05 Å². The van der Waals surface area contributed by atoms with Gasteiger partial charge in [-0.05, 0) is 37.7 Å². The minimum Gasteiger partial charge on any atom is -0.335 e. The molecule has 0 radical (unpaired) electrons. The molecule has 0 aliphatic heterocycles. The zero-order chi connectivity index (χ0) is 13.4. The first kappa shape index (κ1) is 12.3. The first-order valence-corrected chi connectivity index (χ1v) is 7.03. The second kappa shape index (κ2) is 4.73. The molecule has 0 unspecified atom stereocenters. The van der Waals surface area contributed by atoms with Crippen LogP contribution in [-0.4, -0.2) is 37.6 Å². The molecular weight excluding hydrogens is 262 g/mol. The number of amides is 1. The predicted octanol–water partition coefficient (Wildman–Crippen LogP) is 1.33. The molecule has 0 aromatic carbocycles. The third kappa shape index (κ3) is 2.14. The average Bonchev–Trinajstić information content (AvgIpc) is 3.05.